The van der Waals surface area contributed by atoms with Crippen molar-refractivity contribution in [2.45, 2.75) is 25.4 Å². The molecule has 1 aliphatic heterocycles. The Bertz CT molecular complexity index is 770. The first-order valence-electron chi connectivity index (χ1n) is 7.89. The average Bonchev–Trinajstić information content (AvgIpc) is 3.10. The molecule has 24 heavy (non-hydrogen) atoms. The molecule has 2 N–H and O–H groups in total. The van der Waals surface area contributed by atoms with Gasteiger partial charge in [0, 0.05) is 0 Å². The van der Waals surface area contributed by atoms with Crippen molar-refractivity contribution in [2.24, 2.45) is 0 Å². The number of ether oxygens (including phenoxy) is 1. The lowest BCUT2D eigenvalue weighted by Gasteiger charge is -2.38. The minimum absolute atomic E-state index is 0.157. The van der Waals surface area contributed by atoms with Crippen LogP contribution in [-0.2, 0) is 16.8 Å². The number of nitrogens with one attached hydrogen (secondary N) is 1. The number of carbonyl (C=O) groups is 2. The molecule has 0 bridgehead atoms. The molecule has 0 saturated heterocycles. The number of fused-ring (bicyclic) bond motifs is 1. The first-order valence-corrected chi connectivity index (χ1v) is 8.71. The summed E-state index contributed by atoms with van der Waals surface area (Å²) in [4.78, 5) is 23.8. The zero-order chi connectivity index (χ0) is 17.2. The van der Waals surface area contributed by atoms with Gasteiger partial charge in [0.25, 0.3) is 5.91 Å². The Morgan fingerprint density at radius 1 is 1.25 bits per heavy atom. The van der Waals surface area contributed by atoms with Gasteiger partial charge in [-0.2, -0.15) is 0 Å². The van der Waals surface area contributed by atoms with E-state index in [2.05, 4.69) is 17.4 Å². The van der Waals surface area contributed by atoms with Crippen LogP contribution in [0.4, 0.5) is 0 Å². The van der Waals surface area contributed by atoms with Gasteiger partial charge in [-0.1, -0.05) is 31.2 Å². The Balaban J connectivity index is 1.77. The molecule has 2 aromatic rings. The first kappa shape index (κ1) is 16.7. The van der Waals surface area contributed by atoms with Crippen LogP contribution >= 0.6 is 11.3 Å². The summed E-state index contributed by atoms with van der Waals surface area (Å²) in [7, 11) is 0. The highest BCUT2D eigenvalue weighted by Gasteiger charge is 2.36. The van der Waals surface area contributed by atoms with Crippen LogP contribution in [0.15, 0.2) is 36.4 Å². The van der Waals surface area contributed by atoms with E-state index < -0.39 is 11.6 Å². The summed E-state index contributed by atoms with van der Waals surface area (Å²) in [5.74, 6) is -1.29. The molecule has 6 heteroatoms. The number of hydrogen-bond donors (Lipinski definition) is 2. The molecule has 1 aromatic heterocycles. The van der Waals surface area contributed by atoms with Crippen LogP contribution in [0.5, 0.6) is 0 Å². The minimum atomic E-state index is -1.02. The second kappa shape index (κ2) is 6.75. The zero-order valence-corrected chi connectivity index (χ0v) is 14.2. The molecule has 126 valence electrons. The number of hydrogen-bond acceptors (Lipinski definition) is 4. The number of rotatable bonds is 5. The van der Waals surface area contributed by atoms with Gasteiger partial charge in [-0.3, -0.25) is 4.79 Å². The molecule has 1 unspecified atom stereocenters. The van der Waals surface area contributed by atoms with Crippen molar-refractivity contribution < 1.29 is 19.4 Å². The molecule has 3 rings (SSSR count). The van der Waals surface area contributed by atoms with E-state index >= 15 is 0 Å². The van der Waals surface area contributed by atoms with Crippen LogP contribution in [0, 0.1) is 0 Å². The molecule has 1 aliphatic rings. The van der Waals surface area contributed by atoms with Crippen LogP contribution in [0.2, 0.25) is 0 Å². The molecular formula is C18H19NO4S. The minimum Gasteiger partial charge on any atom is -0.477 e. The van der Waals surface area contributed by atoms with Crippen molar-refractivity contribution in [3.63, 3.8) is 0 Å². The molecule has 0 spiro atoms. The molecule has 5 nitrogen and oxygen atoms in total. The van der Waals surface area contributed by atoms with Gasteiger partial charge in [0.15, 0.2) is 0 Å². The lowest BCUT2D eigenvalue weighted by atomic mass is 9.84. The fourth-order valence-electron chi connectivity index (χ4n) is 3.07. The maximum absolute atomic E-state index is 12.3. The summed E-state index contributed by atoms with van der Waals surface area (Å²) >= 11 is 0.975. The molecule has 1 aromatic carbocycles. The van der Waals surface area contributed by atoms with Gasteiger partial charge in [0.05, 0.1) is 18.0 Å². The number of carbonyl (C=O) groups excluding carboxylic acids is 1. The topological polar surface area (TPSA) is 75.6 Å². The van der Waals surface area contributed by atoms with E-state index in [1.807, 2.05) is 19.1 Å². The van der Waals surface area contributed by atoms with E-state index in [4.69, 9.17) is 9.84 Å². The summed E-state index contributed by atoms with van der Waals surface area (Å²) in [6.07, 6.45) is 1.62. The van der Waals surface area contributed by atoms with E-state index in [1.54, 1.807) is 0 Å². The highest BCUT2D eigenvalue weighted by Crippen LogP contribution is 2.35. The summed E-state index contributed by atoms with van der Waals surface area (Å²) in [6, 6.07) is 11.1. The number of carboxylic acid groups (broad SMARTS) is 1. The highest BCUT2D eigenvalue weighted by molar-refractivity contribution is 7.15. The van der Waals surface area contributed by atoms with Gasteiger partial charge in [-0.05, 0) is 36.1 Å². The number of thiophene rings is 1. The third-order valence-electron chi connectivity index (χ3n) is 4.40. The van der Waals surface area contributed by atoms with Crippen LogP contribution in [0.1, 0.15) is 43.8 Å². The van der Waals surface area contributed by atoms with Crippen LogP contribution in [-0.4, -0.2) is 30.1 Å². The highest BCUT2D eigenvalue weighted by atomic mass is 32.1. The molecule has 0 saturated carbocycles. The third-order valence-corrected chi connectivity index (χ3v) is 5.48. The van der Waals surface area contributed by atoms with E-state index in [0.717, 1.165) is 29.7 Å². The van der Waals surface area contributed by atoms with Crippen molar-refractivity contribution >= 4 is 23.2 Å². The maximum atomic E-state index is 12.3. The average molecular weight is 345 g/mol. The van der Waals surface area contributed by atoms with Crippen molar-refractivity contribution in [1.82, 2.24) is 5.32 Å². The first-order chi connectivity index (χ1) is 11.6. The maximum Gasteiger partial charge on any atom is 0.345 e. The molecule has 1 amide bonds. The van der Waals surface area contributed by atoms with Crippen molar-refractivity contribution in [2.75, 3.05) is 13.2 Å². The van der Waals surface area contributed by atoms with E-state index in [-0.39, 0.29) is 10.8 Å². The molecule has 0 aliphatic carbocycles. The molecule has 1 atom stereocenters. The predicted molar refractivity (Wildman–Crippen MR) is 91.7 cm³/mol. The normalized spacial score (nSPS) is 19.5. The van der Waals surface area contributed by atoms with E-state index in [1.165, 1.54) is 17.7 Å². The van der Waals surface area contributed by atoms with Gasteiger partial charge >= 0.3 is 5.97 Å². The zero-order valence-electron chi connectivity index (χ0n) is 13.4. The van der Waals surface area contributed by atoms with Gasteiger partial charge in [-0.15, -0.1) is 11.3 Å². The lowest BCUT2D eigenvalue weighted by Crippen LogP contribution is -2.45. The van der Waals surface area contributed by atoms with Crippen LogP contribution in [0.3, 0.4) is 0 Å². The fraction of sp³-hybridized carbons (Fsp3) is 0.333. The summed E-state index contributed by atoms with van der Waals surface area (Å²) < 4.78 is 6.07. The van der Waals surface area contributed by atoms with Gasteiger partial charge in [0.2, 0.25) is 0 Å². The van der Waals surface area contributed by atoms with Crippen molar-refractivity contribution in [3.05, 3.63) is 57.3 Å². The standard InChI is InChI=1S/C18H19NO4S/c1-2-18(13-6-4-3-5-12(13)9-10-23-18)11-19-16(20)14-7-8-15(24-14)17(21)22/h3-8H,2,9-11H2,1H3,(H,19,20)(H,21,22). The molecular weight excluding hydrogens is 326 g/mol. The Hall–Kier alpha value is -2.18. The summed E-state index contributed by atoms with van der Waals surface area (Å²) in [5.41, 5.74) is 1.85. The number of aromatic carboxylic acids is 1. The fourth-order valence-corrected chi connectivity index (χ4v) is 3.83. The largest absolute Gasteiger partial charge is 0.477 e. The molecule has 0 radical (unpaired) electrons. The Morgan fingerprint density at radius 2 is 2.00 bits per heavy atom. The van der Waals surface area contributed by atoms with Gasteiger partial charge in [0.1, 0.15) is 10.5 Å². The Labute approximate surface area is 144 Å². The smallest absolute Gasteiger partial charge is 0.345 e. The van der Waals surface area contributed by atoms with Gasteiger partial charge in [-0.25, -0.2) is 4.79 Å². The number of amides is 1. The Kier molecular flexibility index (Phi) is 4.69. The van der Waals surface area contributed by atoms with Crippen molar-refractivity contribution in [1.29, 1.82) is 0 Å². The third kappa shape index (κ3) is 3.07. The van der Waals surface area contributed by atoms with E-state index in [9.17, 15) is 9.59 Å². The second-order valence-corrected chi connectivity index (χ2v) is 6.84. The SMILES string of the molecule is CCC1(CNC(=O)c2ccc(C(=O)O)s2)OCCc2ccccc21. The lowest BCUT2D eigenvalue weighted by molar-refractivity contribution is -0.0606. The Morgan fingerprint density at radius 3 is 2.71 bits per heavy atom. The quantitative estimate of drug-likeness (QED) is 0.873. The van der Waals surface area contributed by atoms with E-state index in [0.29, 0.717) is 18.0 Å². The van der Waals surface area contributed by atoms with Crippen LogP contribution < -0.4 is 5.32 Å². The number of carboxylic acids is 1. The van der Waals surface area contributed by atoms with Crippen molar-refractivity contribution in [3.8, 4) is 0 Å². The predicted octanol–water partition coefficient (Wildman–Crippen LogP) is 3.05. The molecule has 2 heterocycles. The second-order valence-electron chi connectivity index (χ2n) is 5.76. The summed E-state index contributed by atoms with van der Waals surface area (Å²) in [6.45, 7) is 3.03. The number of benzene rings is 1. The van der Waals surface area contributed by atoms with Gasteiger partial charge < -0.3 is 15.2 Å². The van der Waals surface area contributed by atoms with Crippen LogP contribution in [0.25, 0.3) is 0 Å². The molecule has 0 fully saturated rings. The summed E-state index contributed by atoms with van der Waals surface area (Å²) in [5, 5.41) is 11.9. The monoisotopic (exact) mass is 345 g/mol.